The van der Waals surface area contributed by atoms with E-state index in [2.05, 4.69) is 19.9 Å². The number of carbonyl (C=O) groups excluding carboxylic acids is 1. The molecule has 0 aromatic rings. The van der Waals surface area contributed by atoms with Crippen LogP contribution in [-0.4, -0.2) is 6.29 Å². The van der Waals surface area contributed by atoms with Crippen LogP contribution in [0.2, 0.25) is 0 Å². The van der Waals surface area contributed by atoms with E-state index in [4.69, 9.17) is 0 Å². The summed E-state index contributed by atoms with van der Waals surface area (Å²) in [6.07, 6.45) is 9.32. The molecule has 0 amide bonds. The summed E-state index contributed by atoms with van der Waals surface area (Å²) in [5.41, 5.74) is 3.93. The first-order chi connectivity index (χ1) is 6.71. The summed E-state index contributed by atoms with van der Waals surface area (Å²) in [6.45, 7) is 4.35. The van der Waals surface area contributed by atoms with Gasteiger partial charge in [0.1, 0.15) is 6.29 Å². The number of hydrogen-bond acceptors (Lipinski definition) is 1. The van der Waals surface area contributed by atoms with Gasteiger partial charge in [-0.3, -0.25) is 4.79 Å². The predicted octanol–water partition coefficient (Wildman–Crippen LogP) is 3.41. The minimum Gasteiger partial charge on any atom is -0.298 e. The first kappa shape index (κ1) is 9.70. The summed E-state index contributed by atoms with van der Waals surface area (Å²) in [5.74, 6) is 0. The van der Waals surface area contributed by atoms with Gasteiger partial charge in [0, 0.05) is 11.0 Å². The van der Waals surface area contributed by atoms with Crippen molar-refractivity contribution in [2.75, 3.05) is 0 Å². The van der Waals surface area contributed by atoms with Crippen LogP contribution < -0.4 is 0 Å². The highest BCUT2D eigenvalue weighted by Gasteiger charge is 2.35. The van der Waals surface area contributed by atoms with Crippen LogP contribution in [0, 0.1) is 5.41 Å². The normalized spacial score (nSPS) is 31.4. The number of rotatable bonds is 2. The van der Waals surface area contributed by atoms with E-state index in [1.807, 2.05) is 0 Å². The van der Waals surface area contributed by atoms with Crippen molar-refractivity contribution in [1.82, 2.24) is 0 Å². The average molecular weight is 190 g/mol. The highest BCUT2D eigenvalue weighted by molar-refractivity contribution is 5.81. The van der Waals surface area contributed by atoms with Crippen molar-refractivity contribution in [2.24, 2.45) is 5.41 Å². The van der Waals surface area contributed by atoms with Crippen LogP contribution in [0.15, 0.2) is 22.8 Å². The maximum Gasteiger partial charge on any atom is 0.147 e. The van der Waals surface area contributed by atoms with Crippen LogP contribution in [0.25, 0.3) is 0 Å². The zero-order chi connectivity index (χ0) is 10.2. The van der Waals surface area contributed by atoms with Crippen LogP contribution in [0.1, 0.15) is 46.0 Å². The van der Waals surface area contributed by atoms with Gasteiger partial charge in [0.25, 0.3) is 0 Å². The first-order valence-electron chi connectivity index (χ1n) is 5.62. The molecule has 0 saturated heterocycles. The van der Waals surface area contributed by atoms with Crippen molar-refractivity contribution >= 4 is 6.29 Å². The van der Waals surface area contributed by atoms with Gasteiger partial charge in [-0.25, -0.2) is 0 Å². The van der Waals surface area contributed by atoms with Gasteiger partial charge < -0.3 is 0 Å². The summed E-state index contributed by atoms with van der Waals surface area (Å²) in [5, 5.41) is 0. The zero-order valence-corrected chi connectivity index (χ0v) is 9.10. The lowest BCUT2D eigenvalue weighted by molar-refractivity contribution is -0.105. The summed E-state index contributed by atoms with van der Waals surface area (Å²) in [7, 11) is 0. The Balaban J connectivity index is 2.45. The molecule has 14 heavy (non-hydrogen) atoms. The van der Waals surface area contributed by atoms with E-state index in [9.17, 15) is 4.79 Å². The number of allylic oxidation sites excluding steroid dienone is 4. The third-order valence-corrected chi connectivity index (χ3v) is 3.80. The second kappa shape index (κ2) is 3.38. The van der Waals surface area contributed by atoms with Crippen LogP contribution in [0.3, 0.4) is 0 Å². The molecule has 0 spiro atoms. The molecular weight excluding hydrogens is 172 g/mol. The predicted molar refractivity (Wildman–Crippen MR) is 58.0 cm³/mol. The number of carbonyl (C=O) groups is 1. The minimum absolute atomic E-state index is 0.0384. The molecule has 0 N–H and O–H groups in total. The standard InChI is InChI=1S/C13H18O/c1-3-13(2)8-10-6-4-5-7-11(10)12(13)9-14/h8-9H,3-7H2,1-2H3. The van der Waals surface area contributed by atoms with E-state index in [-0.39, 0.29) is 5.41 Å². The van der Waals surface area contributed by atoms with Gasteiger partial charge in [-0.2, -0.15) is 0 Å². The van der Waals surface area contributed by atoms with Gasteiger partial charge in [0.2, 0.25) is 0 Å². The SMILES string of the molecule is CCC1(C)C=C2CCCCC2=C1C=O. The largest absolute Gasteiger partial charge is 0.298 e. The summed E-state index contributed by atoms with van der Waals surface area (Å²) in [6, 6.07) is 0. The molecule has 2 aliphatic rings. The highest BCUT2D eigenvalue weighted by Crippen LogP contribution is 2.47. The molecule has 2 aliphatic carbocycles. The summed E-state index contributed by atoms with van der Waals surface area (Å²) in [4.78, 5) is 11.1. The van der Waals surface area contributed by atoms with Gasteiger partial charge in [-0.15, -0.1) is 0 Å². The minimum atomic E-state index is 0.0384. The first-order valence-corrected chi connectivity index (χ1v) is 5.62. The Kier molecular flexibility index (Phi) is 2.34. The molecule has 0 radical (unpaired) electrons. The maximum absolute atomic E-state index is 11.1. The van der Waals surface area contributed by atoms with Crippen molar-refractivity contribution in [2.45, 2.75) is 46.0 Å². The van der Waals surface area contributed by atoms with E-state index >= 15 is 0 Å². The molecule has 1 atom stereocenters. The molecule has 1 unspecified atom stereocenters. The molecule has 0 aromatic heterocycles. The topological polar surface area (TPSA) is 17.1 Å². The van der Waals surface area contributed by atoms with Gasteiger partial charge in [-0.05, 0) is 43.3 Å². The molecule has 76 valence electrons. The molecule has 2 rings (SSSR count). The maximum atomic E-state index is 11.1. The van der Waals surface area contributed by atoms with Crippen molar-refractivity contribution in [3.05, 3.63) is 22.8 Å². The molecule has 1 heteroatoms. The molecule has 0 aliphatic heterocycles. The fraction of sp³-hybridized carbons (Fsp3) is 0.615. The van der Waals surface area contributed by atoms with Gasteiger partial charge >= 0.3 is 0 Å². The van der Waals surface area contributed by atoms with E-state index < -0.39 is 0 Å². The van der Waals surface area contributed by atoms with Gasteiger partial charge in [0.15, 0.2) is 0 Å². The monoisotopic (exact) mass is 190 g/mol. The van der Waals surface area contributed by atoms with E-state index in [0.717, 1.165) is 24.7 Å². The Morgan fingerprint density at radius 3 is 2.79 bits per heavy atom. The number of hydrogen-bond donors (Lipinski definition) is 0. The third kappa shape index (κ3) is 1.26. The smallest absolute Gasteiger partial charge is 0.147 e. The van der Waals surface area contributed by atoms with E-state index in [1.165, 1.54) is 30.4 Å². The lowest BCUT2D eigenvalue weighted by atomic mass is 9.81. The lowest BCUT2D eigenvalue weighted by Gasteiger charge is -2.21. The molecule has 1 saturated carbocycles. The quantitative estimate of drug-likeness (QED) is 0.610. The van der Waals surface area contributed by atoms with Crippen molar-refractivity contribution in [3.63, 3.8) is 0 Å². The average Bonchev–Trinajstić information content (AvgIpc) is 2.50. The zero-order valence-electron chi connectivity index (χ0n) is 9.10. The number of aldehydes is 1. The van der Waals surface area contributed by atoms with E-state index in [0.29, 0.717) is 0 Å². The fourth-order valence-electron chi connectivity index (χ4n) is 2.70. The summed E-state index contributed by atoms with van der Waals surface area (Å²) < 4.78 is 0. The lowest BCUT2D eigenvalue weighted by Crippen LogP contribution is -2.14. The fourth-order valence-corrected chi connectivity index (χ4v) is 2.70. The van der Waals surface area contributed by atoms with Crippen molar-refractivity contribution in [1.29, 1.82) is 0 Å². The third-order valence-electron chi connectivity index (χ3n) is 3.80. The van der Waals surface area contributed by atoms with Crippen LogP contribution in [0.4, 0.5) is 0 Å². The van der Waals surface area contributed by atoms with Crippen molar-refractivity contribution < 1.29 is 4.79 Å². The van der Waals surface area contributed by atoms with Crippen LogP contribution >= 0.6 is 0 Å². The second-order valence-electron chi connectivity index (χ2n) is 4.66. The molecule has 1 nitrogen and oxygen atoms in total. The molecule has 1 fully saturated rings. The van der Waals surface area contributed by atoms with Gasteiger partial charge in [-0.1, -0.05) is 19.9 Å². The molecular formula is C13H18O. The summed E-state index contributed by atoms with van der Waals surface area (Å²) >= 11 is 0. The van der Waals surface area contributed by atoms with E-state index in [1.54, 1.807) is 0 Å². The Labute approximate surface area is 85.9 Å². The van der Waals surface area contributed by atoms with Gasteiger partial charge in [0.05, 0.1) is 0 Å². The number of fused-ring (bicyclic) bond motifs is 1. The van der Waals surface area contributed by atoms with Crippen LogP contribution in [0.5, 0.6) is 0 Å². The Bertz CT molecular complexity index is 322. The Hall–Kier alpha value is -0.850. The molecule has 0 aromatic carbocycles. The molecule has 0 heterocycles. The second-order valence-corrected chi connectivity index (χ2v) is 4.66. The van der Waals surface area contributed by atoms with Crippen LogP contribution in [-0.2, 0) is 4.79 Å². The molecule has 0 bridgehead atoms. The Morgan fingerprint density at radius 1 is 1.43 bits per heavy atom. The van der Waals surface area contributed by atoms with Crippen molar-refractivity contribution in [3.8, 4) is 0 Å². The highest BCUT2D eigenvalue weighted by atomic mass is 16.1. The Morgan fingerprint density at radius 2 is 2.14 bits per heavy atom.